The maximum absolute atomic E-state index is 13.0. The minimum Gasteiger partial charge on any atom is -0.323 e. The van der Waals surface area contributed by atoms with E-state index in [-0.39, 0.29) is 11.3 Å². The molecule has 0 unspecified atom stereocenters. The molecule has 6 heteroatoms. The fraction of sp³-hybridized carbons (Fsp3) is 0.222. The first kappa shape index (κ1) is 9.95. The Labute approximate surface area is 81.9 Å². The lowest BCUT2D eigenvalue weighted by molar-refractivity contribution is -0.137. The predicted molar refractivity (Wildman–Crippen MR) is 43.9 cm³/mol. The first-order chi connectivity index (χ1) is 6.89. The van der Waals surface area contributed by atoms with E-state index >= 15 is 0 Å². The summed E-state index contributed by atoms with van der Waals surface area (Å²) < 4.78 is 49.8. The fourth-order valence-corrected chi connectivity index (χ4v) is 1.40. The van der Waals surface area contributed by atoms with Gasteiger partial charge in [0.25, 0.3) is 5.91 Å². The second-order valence-electron chi connectivity index (χ2n) is 3.15. The summed E-state index contributed by atoms with van der Waals surface area (Å²) in [4.78, 5) is 10.8. The molecular formula is C9H5F4NO. The van der Waals surface area contributed by atoms with Gasteiger partial charge < -0.3 is 5.32 Å². The zero-order chi connectivity index (χ0) is 11.2. The van der Waals surface area contributed by atoms with Crippen molar-refractivity contribution >= 4 is 11.6 Å². The monoisotopic (exact) mass is 219 g/mol. The molecule has 1 heterocycles. The zero-order valence-corrected chi connectivity index (χ0v) is 7.23. The molecule has 0 bridgehead atoms. The number of alkyl halides is 4. The van der Waals surface area contributed by atoms with Crippen molar-refractivity contribution in [2.45, 2.75) is 12.3 Å². The summed E-state index contributed by atoms with van der Waals surface area (Å²) in [5.41, 5.74) is -1.06. The van der Waals surface area contributed by atoms with Gasteiger partial charge in [-0.15, -0.1) is 0 Å². The Bertz CT molecular complexity index is 427. The Morgan fingerprint density at radius 2 is 1.93 bits per heavy atom. The van der Waals surface area contributed by atoms with Gasteiger partial charge in [-0.2, -0.15) is 13.2 Å². The molecule has 0 saturated heterocycles. The average Bonchev–Trinajstić information content (AvgIpc) is 2.41. The molecule has 1 amide bonds. The number of rotatable bonds is 0. The van der Waals surface area contributed by atoms with E-state index in [0.717, 1.165) is 18.2 Å². The lowest BCUT2D eigenvalue weighted by Gasteiger charge is -2.07. The Morgan fingerprint density at radius 3 is 2.53 bits per heavy atom. The molecule has 1 aromatic rings. The van der Waals surface area contributed by atoms with Gasteiger partial charge in [0, 0.05) is 11.3 Å². The lowest BCUT2D eigenvalue weighted by atomic mass is 10.1. The van der Waals surface area contributed by atoms with Crippen LogP contribution in [0.1, 0.15) is 17.3 Å². The number of fused-ring (bicyclic) bond motifs is 1. The highest BCUT2D eigenvalue weighted by molar-refractivity contribution is 6.01. The highest BCUT2D eigenvalue weighted by Crippen LogP contribution is 2.38. The first-order valence-corrected chi connectivity index (χ1v) is 4.05. The molecule has 80 valence electrons. The average molecular weight is 219 g/mol. The highest BCUT2D eigenvalue weighted by atomic mass is 19.4. The number of halogens is 4. The third-order valence-electron chi connectivity index (χ3n) is 2.14. The molecule has 1 aliphatic rings. The number of amides is 1. The summed E-state index contributed by atoms with van der Waals surface area (Å²) >= 11 is 0. The lowest BCUT2D eigenvalue weighted by Crippen LogP contribution is -2.07. The van der Waals surface area contributed by atoms with Gasteiger partial charge in [-0.05, 0) is 12.1 Å². The van der Waals surface area contributed by atoms with Crippen molar-refractivity contribution in [3.63, 3.8) is 0 Å². The van der Waals surface area contributed by atoms with Gasteiger partial charge in [0.1, 0.15) is 0 Å². The highest BCUT2D eigenvalue weighted by Gasteiger charge is 2.35. The summed E-state index contributed by atoms with van der Waals surface area (Å²) in [6.07, 6.45) is -6.36. The van der Waals surface area contributed by atoms with E-state index in [2.05, 4.69) is 0 Å². The molecule has 0 aromatic heterocycles. The minimum absolute atomic E-state index is 0.0481. The van der Waals surface area contributed by atoms with Gasteiger partial charge in [-0.25, -0.2) is 4.39 Å². The maximum atomic E-state index is 13.0. The summed E-state index contributed by atoms with van der Waals surface area (Å²) in [6, 6.07) is 2.46. The van der Waals surface area contributed by atoms with Crippen molar-refractivity contribution in [1.29, 1.82) is 0 Å². The molecule has 1 aliphatic heterocycles. The van der Waals surface area contributed by atoms with E-state index < -0.39 is 23.8 Å². The molecule has 0 aliphatic carbocycles. The molecule has 1 N–H and O–H groups in total. The van der Waals surface area contributed by atoms with Crippen LogP contribution in [0.2, 0.25) is 0 Å². The van der Waals surface area contributed by atoms with Crippen molar-refractivity contribution in [3.05, 3.63) is 29.3 Å². The van der Waals surface area contributed by atoms with Crippen molar-refractivity contribution in [1.82, 2.24) is 0 Å². The first-order valence-electron chi connectivity index (χ1n) is 4.05. The number of benzene rings is 1. The quantitative estimate of drug-likeness (QED) is 0.668. The molecule has 0 saturated carbocycles. The van der Waals surface area contributed by atoms with Crippen LogP contribution in [0, 0.1) is 0 Å². The van der Waals surface area contributed by atoms with Crippen molar-refractivity contribution < 1.29 is 22.4 Å². The second-order valence-corrected chi connectivity index (χ2v) is 3.15. The molecule has 2 rings (SSSR count). The van der Waals surface area contributed by atoms with Crippen molar-refractivity contribution in [2.75, 3.05) is 5.32 Å². The Hall–Kier alpha value is -1.59. The minimum atomic E-state index is -4.49. The Kier molecular flexibility index (Phi) is 1.95. The molecule has 15 heavy (non-hydrogen) atoms. The van der Waals surface area contributed by atoms with Crippen molar-refractivity contribution in [2.24, 2.45) is 0 Å². The van der Waals surface area contributed by atoms with E-state index in [4.69, 9.17) is 0 Å². The summed E-state index contributed by atoms with van der Waals surface area (Å²) in [6.45, 7) is 0. The van der Waals surface area contributed by atoms with E-state index in [9.17, 15) is 22.4 Å². The van der Waals surface area contributed by atoms with Crippen LogP contribution in [0.3, 0.4) is 0 Å². The van der Waals surface area contributed by atoms with Crippen LogP contribution >= 0.6 is 0 Å². The summed E-state index contributed by atoms with van der Waals surface area (Å²) in [5, 5.41) is 2.05. The second kappa shape index (κ2) is 2.95. The third kappa shape index (κ3) is 1.55. The summed E-state index contributed by atoms with van der Waals surface area (Å²) in [5.74, 6) is -0.927. The molecule has 1 aromatic carbocycles. The van der Waals surface area contributed by atoms with Crippen LogP contribution in [-0.4, -0.2) is 5.91 Å². The maximum Gasteiger partial charge on any atom is 0.416 e. The number of hydrogen-bond donors (Lipinski definition) is 1. The van der Waals surface area contributed by atoms with Crippen LogP contribution in [0.15, 0.2) is 18.2 Å². The number of anilines is 1. The van der Waals surface area contributed by atoms with Crippen LogP contribution < -0.4 is 5.32 Å². The van der Waals surface area contributed by atoms with Crippen LogP contribution in [0.25, 0.3) is 0 Å². The van der Waals surface area contributed by atoms with Gasteiger partial charge in [0.05, 0.1) is 5.56 Å². The van der Waals surface area contributed by atoms with E-state index in [0.29, 0.717) is 0 Å². The van der Waals surface area contributed by atoms with Gasteiger partial charge >= 0.3 is 6.18 Å². The zero-order valence-electron chi connectivity index (χ0n) is 7.23. The molecule has 0 radical (unpaired) electrons. The largest absolute Gasteiger partial charge is 0.416 e. The van der Waals surface area contributed by atoms with Gasteiger partial charge in [-0.3, -0.25) is 4.79 Å². The smallest absolute Gasteiger partial charge is 0.323 e. The van der Waals surface area contributed by atoms with E-state index in [1.807, 2.05) is 5.32 Å². The van der Waals surface area contributed by atoms with Gasteiger partial charge in [-0.1, -0.05) is 6.07 Å². The fourth-order valence-electron chi connectivity index (χ4n) is 1.40. The van der Waals surface area contributed by atoms with E-state index in [1.54, 1.807) is 0 Å². The standard InChI is InChI=1S/C9H5F4NO/c10-7-5-2-1-4(9(11,12)13)3-6(5)14-8(7)15/h1-3,7H,(H,14,15)/t7-/m1/s1. The molecule has 1 atom stereocenters. The Morgan fingerprint density at radius 1 is 1.27 bits per heavy atom. The SMILES string of the molecule is O=C1Nc2cc(C(F)(F)F)ccc2[C@H]1F. The van der Waals surface area contributed by atoms with E-state index in [1.165, 1.54) is 0 Å². The topological polar surface area (TPSA) is 29.1 Å². The van der Waals surface area contributed by atoms with Crippen LogP contribution in [0.4, 0.5) is 23.2 Å². The molecule has 0 spiro atoms. The third-order valence-corrected chi connectivity index (χ3v) is 2.14. The normalized spacial score (nSPS) is 20.0. The number of carbonyl (C=O) groups is 1. The van der Waals surface area contributed by atoms with Gasteiger partial charge in [0.15, 0.2) is 0 Å². The number of hydrogen-bond acceptors (Lipinski definition) is 1. The van der Waals surface area contributed by atoms with Gasteiger partial charge in [0.2, 0.25) is 6.17 Å². The Balaban J connectivity index is 2.47. The number of nitrogens with one attached hydrogen (secondary N) is 1. The van der Waals surface area contributed by atoms with Crippen LogP contribution in [0.5, 0.6) is 0 Å². The molecule has 2 nitrogen and oxygen atoms in total. The van der Waals surface area contributed by atoms with Crippen molar-refractivity contribution in [3.8, 4) is 0 Å². The summed E-state index contributed by atoms with van der Waals surface area (Å²) in [7, 11) is 0. The molecular weight excluding hydrogens is 214 g/mol. The predicted octanol–water partition coefficient (Wildman–Crippen LogP) is 2.67. The number of carbonyl (C=O) groups excluding carboxylic acids is 1. The van der Waals surface area contributed by atoms with Crippen LogP contribution in [-0.2, 0) is 11.0 Å². The molecule has 0 fully saturated rings.